The molecule has 0 aliphatic heterocycles. The molecule has 1 amide bonds. The van der Waals surface area contributed by atoms with Crippen LogP contribution in [0.3, 0.4) is 0 Å². The lowest BCUT2D eigenvalue weighted by Crippen LogP contribution is -2.44. The van der Waals surface area contributed by atoms with Crippen LogP contribution in [0, 0.1) is 5.92 Å². The SMILES string of the molecule is CC(CC1CC1)NC(=O)C(C)(C)c1ccc(N)cc1. The normalized spacial score (nSPS) is 17.0. The zero-order valence-corrected chi connectivity index (χ0v) is 12.1. The van der Waals surface area contributed by atoms with E-state index in [0.29, 0.717) is 0 Å². The number of carbonyl (C=O) groups is 1. The van der Waals surface area contributed by atoms with Crippen LogP contribution in [0.25, 0.3) is 0 Å². The number of nitrogen functional groups attached to an aromatic ring is 1. The second-order valence-electron chi connectivity index (χ2n) is 6.30. The van der Waals surface area contributed by atoms with E-state index < -0.39 is 5.41 Å². The highest BCUT2D eigenvalue weighted by Gasteiger charge is 2.31. The maximum absolute atomic E-state index is 12.4. The van der Waals surface area contributed by atoms with E-state index in [1.165, 1.54) is 12.8 Å². The lowest BCUT2D eigenvalue weighted by molar-refractivity contribution is -0.126. The first-order valence-corrected chi connectivity index (χ1v) is 7.06. The molecule has 1 aliphatic rings. The summed E-state index contributed by atoms with van der Waals surface area (Å²) in [6.07, 6.45) is 3.74. The van der Waals surface area contributed by atoms with Crippen molar-refractivity contribution in [2.45, 2.75) is 51.5 Å². The highest BCUT2D eigenvalue weighted by atomic mass is 16.2. The number of carbonyl (C=O) groups excluding carboxylic acids is 1. The van der Waals surface area contributed by atoms with E-state index in [1.54, 1.807) is 0 Å². The van der Waals surface area contributed by atoms with Crippen molar-refractivity contribution in [1.82, 2.24) is 5.32 Å². The lowest BCUT2D eigenvalue weighted by Gasteiger charge is -2.26. The van der Waals surface area contributed by atoms with E-state index in [4.69, 9.17) is 5.73 Å². The van der Waals surface area contributed by atoms with Crippen LogP contribution in [-0.4, -0.2) is 11.9 Å². The standard InChI is InChI=1S/C16H24N2O/c1-11(10-12-4-5-12)18-15(19)16(2,3)13-6-8-14(17)9-7-13/h6-9,11-12H,4-5,10,17H2,1-3H3,(H,18,19). The van der Waals surface area contributed by atoms with E-state index in [0.717, 1.165) is 23.6 Å². The molecule has 2 rings (SSSR count). The fraction of sp³-hybridized carbons (Fsp3) is 0.562. The number of hydrogen-bond donors (Lipinski definition) is 2. The summed E-state index contributed by atoms with van der Waals surface area (Å²) >= 11 is 0. The second-order valence-corrected chi connectivity index (χ2v) is 6.30. The summed E-state index contributed by atoms with van der Waals surface area (Å²) in [5.74, 6) is 0.917. The van der Waals surface area contributed by atoms with E-state index in [9.17, 15) is 4.79 Å². The maximum atomic E-state index is 12.4. The molecule has 1 atom stereocenters. The van der Waals surface area contributed by atoms with Gasteiger partial charge in [-0.15, -0.1) is 0 Å². The average Bonchev–Trinajstić information content (AvgIpc) is 3.13. The zero-order chi connectivity index (χ0) is 14.0. The summed E-state index contributed by atoms with van der Waals surface area (Å²) in [4.78, 5) is 12.4. The van der Waals surface area contributed by atoms with Crippen LogP contribution in [-0.2, 0) is 10.2 Å². The third kappa shape index (κ3) is 3.49. The van der Waals surface area contributed by atoms with Crippen LogP contribution in [0.4, 0.5) is 5.69 Å². The van der Waals surface area contributed by atoms with Crippen LogP contribution in [0.1, 0.15) is 45.6 Å². The van der Waals surface area contributed by atoms with Crippen molar-refractivity contribution >= 4 is 11.6 Å². The zero-order valence-electron chi connectivity index (χ0n) is 12.1. The number of nitrogens with two attached hydrogens (primary N) is 1. The largest absolute Gasteiger partial charge is 0.399 e. The molecule has 0 heterocycles. The Morgan fingerprint density at radius 2 is 1.95 bits per heavy atom. The summed E-state index contributed by atoms with van der Waals surface area (Å²) in [6, 6.07) is 7.81. The fourth-order valence-corrected chi connectivity index (χ4v) is 2.35. The van der Waals surface area contributed by atoms with Crippen LogP contribution in [0.5, 0.6) is 0 Å². The number of benzene rings is 1. The first-order chi connectivity index (χ1) is 8.89. The minimum Gasteiger partial charge on any atom is -0.399 e. The minimum absolute atomic E-state index is 0.0884. The molecule has 3 N–H and O–H groups in total. The van der Waals surface area contributed by atoms with E-state index in [-0.39, 0.29) is 11.9 Å². The average molecular weight is 260 g/mol. The van der Waals surface area contributed by atoms with Crippen molar-refractivity contribution < 1.29 is 4.79 Å². The van der Waals surface area contributed by atoms with Gasteiger partial charge in [0.1, 0.15) is 0 Å². The molecule has 0 saturated heterocycles. The van der Waals surface area contributed by atoms with Crippen molar-refractivity contribution in [3.8, 4) is 0 Å². The number of hydrogen-bond acceptors (Lipinski definition) is 2. The minimum atomic E-state index is -0.522. The molecule has 0 spiro atoms. The number of rotatable bonds is 5. The Labute approximate surface area is 115 Å². The Balaban J connectivity index is 2.00. The van der Waals surface area contributed by atoms with Gasteiger partial charge in [0.25, 0.3) is 0 Å². The van der Waals surface area contributed by atoms with Crippen LogP contribution < -0.4 is 11.1 Å². The van der Waals surface area contributed by atoms with Crippen LogP contribution in [0.2, 0.25) is 0 Å². The highest BCUT2D eigenvalue weighted by Crippen LogP contribution is 2.33. The molecule has 3 heteroatoms. The molecule has 0 radical (unpaired) electrons. The van der Waals surface area contributed by atoms with Gasteiger partial charge < -0.3 is 11.1 Å². The van der Waals surface area contributed by atoms with Crippen molar-refractivity contribution in [3.05, 3.63) is 29.8 Å². The smallest absolute Gasteiger partial charge is 0.230 e. The van der Waals surface area contributed by atoms with Gasteiger partial charge in [-0.3, -0.25) is 4.79 Å². The molecule has 19 heavy (non-hydrogen) atoms. The summed E-state index contributed by atoms with van der Waals surface area (Å²) in [7, 11) is 0. The van der Waals surface area contributed by atoms with E-state index in [1.807, 2.05) is 38.1 Å². The van der Waals surface area contributed by atoms with Gasteiger partial charge in [-0.05, 0) is 50.8 Å². The topological polar surface area (TPSA) is 55.1 Å². The van der Waals surface area contributed by atoms with Gasteiger partial charge in [-0.1, -0.05) is 25.0 Å². The Morgan fingerprint density at radius 3 is 2.47 bits per heavy atom. The van der Waals surface area contributed by atoms with Gasteiger partial charge in [0.15, 0.2) is 0 Å². The molecule has 3 nitrogen and oxygen atoms in total. The molecular formula is C16H24N2O. The van der Waals surface area contributed by atoms with Crippen molar-refractivity contribution in [2.24, 2.45) is 5.92 Å². The van der Waals surface area contributed by atoms with Gasteiger partial charge >= 0.3 is 0 Å². The Kier molecular flexibility index (Phi) is 3.83. The predicted octanol–water partition coefficient (Wildman–Crippen LogP) is 2.85. The fourth-order valence-electron chi connectivity index (χ4n) is 2.35. The maximum Gasteiger partial charge on any atom is 0.230 e. The molecular weight excluding hydrogens is 236 g/mol. The van der Waals surface area contributed by atoms with Gasteiger partial charge in [0, 0.05) is 11.7 Å². The van der Waals surface area contributed by atoms with Crippen LogP contribution >= 0.6 is 0 Å². The Hall–Kier alpha value is -1.51. The monoisotopic (exact) mass is 260 g/mol. The third-order valence-electron chi connectivity index (χ3n) is 3.96. The predicted molar refractivity (Wildman–Crippen MR) is 78.8 cm³/mol. The molecule has 1 aliphatic carbocycles. The molecule has 1 unspecified atom stereocenters. The first kappa shape index (κ1) is 13.9. The molecule has 0 bridgehead atoms. The summed E-state index contributed by atoms with van der Waals surface area (Å²) in [5.41, 5.74) is 6.89. The lowest BCUT2D eigenvalue weighted by atomic mass is 9.83. The van der Waals surface area contributed by atoms with Crippen molar-refractivity contribution in [3.63, 3.8) is 0 Å². The van der Waals surface area contributed by atoms with Gasteiger partial charge in [0.05, 0.1) is 5.41 Å². The van der Waals surface area contributed by atoms with Crippen molar-refractivity contribution in [1.29, 1.82) is 0 Å². The molecule has 104 valence electrons. The van der Waals surface area contributed by atoms with Gasteiger partial charge in [-0.25, -0.2) is 0 Å². The number of nitrogens with one attached hydrogen (secondary N) is 1. The Morgan fingerprint density at radius 1 is 1.37 bits per heavy atom. The van der Waals surface area contributed by atoms with E-state index in [2.05, 4.69) is 12.2 Å². The summed E-state index contributed by atoms with van der Waals surface area (Å²) in [5, 5.41) is 3.13. The highest BCUT2D eigenvalue weighted by molar-refractivity contribution is 5.87. The molecule has 1 saturated carbocycles. The second kappa shape index (κ2) is 5.24. The first-order valence-electron chi connectivity index (χ1n) is 7.06. The van der Waals surface area contributed by atoms with Crippen LogP contribution in [0.15, 0.2) is 24.3 Å². The molecule has 0 aromatic heterocycles. The third-order valence-corrected chi connectivity index (χ3v) is 3.96. The summed E-state index contributed by atoms with van der Waals surface area (Å²) in [6.45, 7) is 6.00. The van der Waals surface area contributed by atoms with E-state index >= 15 is 0 Å². The molecule has 1 fully saturated rings. The molecule has 1 aromatic carbocycles. The van der Waals surface area contributed by atoms with Gasteiger partial charge in [-0.2, -0.15) is 0 Å². The molecule has 1 aromatic rings. The van der Waals surface area contributed by atoms with Crippen molar-refractivity contribution in [2.75, 3.05) is 5.73 Å². The Bertz CT molecular complexity index is 446. The van der Waals surface area contributed by atoms with Gasteiger partial charge in [0.2, 0.25) is 5.91 Å². The quantitative estimate of drug-likeness (QED) is 0.800. The summed E-state index contributed by atoms with van der Waals surface area (Å²) < 4.78 is 0. The number of anilines is 1. The number of amides is 1.